The van der Waals surface area contributed by atoms with Crippen LogP contribution in [0, 0.1) is 12.8 Å². The molecule has 1 aliphatic carbocycles. The topological polar surface area (TPSA) is 70.2 Å². The Morgan fingerprint density at radius 2 is 2.04 bits per heavy atom. The van der Waals surface area contributed by atoms with Crippen LogP contribution < -0.4 is 16.0 Å². The number of aryl methyl sites for hydroxylation is 1. The summed E-state index contributed by atoms with van der Waals surface area (Å²) in [4.78, 5) is 23.1. The highest BCUT2D eigenvalue weighted by atomic mass is 35.5. The molecule has 3 fully saturated rings. The number of benzene rings is 1. The Morgan fingerprint density at radius 1 is 1.27 bits per heavy atom. The van der Waals surface area contributed by atoms with Crippen molar-refractivity contribution >= 4 is 29.9 Å². The lowest BCUT2D eigenvalue weighted by molar-refractivity contribution is -0.133. The third-order valence-electron chi connectivity index (χ3n) is 5.90. The second-order valence-electron chi connectivity index (χ2n) is 7.28. The monoisotopic (exact) mass is 385 g/mol. The van der Waals surface area contributed by atoms with Gasteiger partial charge >= 0.3 is 0 Å². The van der Waals surface area contributed by atoms with Gasteiger partial charge in [0, 0.05) is 18.7 Å². The van der Waals surface area contributed by atoms with Gasteiger partial charge in [-0.2, -0.15) is 0 Å². The third-order valence-corrected chi connectivity index (χ3v) is 5.90. The number of carbonyl (C=O) groups is 2. The molecule has 3 atom stereocenters. The molecule has 142 valence electrons. The maximum atomic E-state index is 14.4. The number of amides is 2. The number of anilines is 1. The molecular weight excluding hydrogens is 364 g/mol. The van der Waals surface area contributed by atoms with E-state index in [9.17, 15) is 18.4 Å². The van der Waals surface area contributed by atoms with Gasteiger partial charge < -0.3 is 10.6 Å². The molecule has 1 aromatic rings. The molecule has 1 aromatic carbocycles. The highest BCUT2D eigenvalue weighted by Crippen LogP contribution is 2.69. The summed E-state index contributed by atoms with van der Waals surface area (Å²) in [6.07, 6.45) is 1.16. The maximum absolute atomic E-state index is 14.4. The van der Waals surface area contributed by atoms with Gasteiger partial charge in [-0.25, -0.2) is 8.78 Å². The van der Waals surface area contributed by atoms with Crippen LogP contribution in [0.3, 0.4) is 0 Å². The van der Waals surface area contributed by atoms with E-state index in [1.54, 1.807) is 12.1 Å². The van der Waals surface area contributed by atoms with E-state index in [-0.39, 0.29) is 24.2 Å². The lowest BCUT2D eigenvalue weighted by Crippen LogP contribution is -2.47. The van der Waals surface area contributed by atoms with Crippen LogP contribution in [0.4, 0.5) is 14.5 Å². The maximum Gasteiger partial charge on any atom is 0.263 e. The molecule has 1 saturated carbocycles. The van der Waals surface area contributed by atoms with E-state index in [1.165, 1.54) is 0 Å². The van der Waals surface area contributed by atoms with Crippen LogP contribution in [0.2, 0.25) is 0 Å². The molecule has 2 amide bonds. The van der Waals surface area contributed by atoms with E-state index in [4.69, 9.17) is 0 Å². The summed E-state index contributed by atoms with van der Waals surface area (Å²) in [5.74, 6) is -3.91. The molecule has 4 rings (SSSR count). The first-order valence-electron chi connectivity index (χ1n) is 8.66. The lowest BCUT2D eigenvalue weighted by atomic mass is 9.86. The van der Waals surface area contributed by atoms with Gasteiger partial charge in [0.25, 0.3) is 5.92 Å². The van der Waals surface area contributed by atoms with Gasteiger partial charge in [0.05, 0.1) is 11.3 Å². The van der Waals surface area contributed by atoms with Crippen molar-refractivity contribution in [3.05, 3.63) is 29.3 Å². The Labute approximate surface area is 156 Å². The van der Waals surface area contributed by atoms with E-state index >= 15 is 0 Å². The Hall–Kier alpha value is -1.73. The van der Waals surface area contributed by atoms with Gasteiger partial charge in [-0.1, -0.05) is 12.1 Å². The minimum Gasteiger partial charge on any atom is -0.373 e. The molecule has 26 heavy (non-hydrogen) atoms. The largest absolute Gasteiger partial charge is 0.373 e. The zero-order valence-electron chi connectivity index (χ0n) is 14.4. The lowest BCUT2D eigenvalue weighted by Gasteiger charge is -2.25. The van der Waals surface area contributed by atoms with Crippen LogP contribution in [0.5, 0.6) is 0 Å². The number of imide groups is 1. The second-order valence-corrected chi connectivity index (χ2v) is 7.28. The van der Waals surface area contributed by atoms with Crippen LogP contribution >= 0.6 is 12.4 Å². The summed E-state index contributed by atoms with van der Waals surface area (Å²) in [7, 11) is 0. The molecular formula is C18H22ClF2N3O2. The SMILES string of the molecule is Cc1cc([C@@]23CCNC[C@@H]2C3(F)F)ccc1N[C@H]1CCC(=O)NC1=O.Cl. The van der Waals surface area contributed by atoms with E-state index in [1.807, 2.05) is 13.0 Å². The molecule has 0 bridgehead atoms. The van der Waals surface area contributed by atoms with Gasteiger partial charge in [0.15, 0.2) is 0 Å². The highest BCUT2D eigenvalue weighted by molar-refractivity contribution is 6.01. The van der Waals surface area contributed by atoms with Crippen molar-refractivity contribution in [2.45, 2.75) is 43.6 Å². The zero-order chi connectivity index (χ0) is 17.8. The predicted molar refractivity (Wildman–Crippen MR) is 95.8 cm³/mol. The molecule has 2 aliphatic heterocycles. The molecule has 0 spiro atoms. The first-order valence-corrected chi connectivity index (χ1v) is 8.66. The van der Waals surface area contributed by atoms with Gasteiger partial charge in [-0.3, -0.25) is 14.9 Å². The number of fused-ring (bicyclic) bond motifs is 1. The first-order chi connectivity index (χ1) is 11.9. The quantitative estimate of drug-likeness (QED) is 0.697. The number of nitrogens with one attached hydrogen (secondary N) is 3. The van der Waals surface area contributed by atoms with Gasteiger partial charge in [-0.15, -0.1) is 12.4 Å². The van der Waals surface area contributed by atoms with Crippen LogP contribution in [-0.2, 0) is 15.0 Å². The van der Waals surface area contributed by atoms with Crippen molar-refractivity contribution in [1.29, 1.82) is 0 Å². The van der Waals surface area contributed by atoms with Gasteiger partial charge in [0.1, 0.15) is 6.04 Å². The number of rotatable bonds is 3. The molecule has 0 unspecified atom stereocenters. The third kappa shape index (κ3) is 2.68. The summed E-state index contributed by atoms with van der Waals surface area (Å²) in [5.41, 5.74) is 1.20. The normalized spacial score (nSPS) is 32.1. The van der Waals surface area contributed by atoms with E-state index in [0.29, 0.717) is 37.9 Å². The van der Waals surface area contributed by atoms with Crippen molar-refractivity contribution in [1.82, 2.24) is 10.6 Å². The van der Waals surface area contributed by atoms with Crippen LogP contribution in [0.15, 0.2) is 18.2 Å². The Kier molecular flexibility index (Phi) is 4.73. The van der Waals surface area contributed by atoms with Crippen molar-refractivity contribution in [2.75, 3.05) is 18.4 Å². The average molecular weight is 386 g/mol. The minimum atomic E-state index is -2.67. The fourth-order valence-corrected chi connectivity index (χ4v) is 4.37. The molecule has 3 N–H and O–H groups in total. The van der Waals surface area contributed by atoms with Crippen LogP contribution in [-0.4, -0.2) is 36.9 Å². The fraction of sp³-hybridized carbons (Fsp3) is 0.556. The van der Waals surface area contributed by atoms with Gasteiger partial charge in [0.2, 0.25) is 11.8 Å². The number of carbonyl (C=O) groups excluding carboxylic acids is 2. The molecule has 0 radical (unpaired) electrons. The number of halogens is 3. The van der Waals surface area contributed by atoms with Crippen molar-refractivity contribution in [3.8, 4) is 0 Å². The Bertz CT molecular complexity index is 758. The second kappa shape index (κ2) is 6.46. The molecule has 5 nitrogen and oxygen atoms in total. The summed E-state index contributed by atoms with van der Waals surface area (Å²) < 4.78 is 28.8. The van der Waals surface area contributed by atoms with E-state index in [2.05, 4.69) is 16.0 Å². The van der Waals surface area contributed by atoms with Crippen molar-refractivity contribution in [2.24, 2.45) is 5.92 Å². The van der Waals surface area contributed by atoms with E-state index < -0.39 is 23.3 Å². The first kappa shape index (κ1) is 19.0. The molecule has 3 aliphatic rings. The summed E-state index contributed by atoms with van der Waals surface area (Å²) in [5, 5.41) is 8.49. The molecule has 2 heterocycles. The Morgan fingerprint density at radius 3 is 2.69 bits per heavy atom. The summed E-state index contributed by atoms with van der Waals surface area (Å²) in [6.45, 7) is 2.80. The smallest absolute Gasteiger partial charge is 0.263 e. The summed E-state index contributed by atoms with van der Waals surface area (Å²) in [6, 6.07) is 4.86. The van der Waals surface area contributed by atoms with Crippen molar-refractivity contribution < 1.29 is 18.4 Å². The summed E-state index contributed by atoms with van der Waals surface area (Å²) >= 11 is 0. The fourth-order valence-electron chi connectivity index (χ4n) is 4.37. The van der Waals surface area contributed by atoms with Crippen LogP contribution in [0.1, 0.15) is 30.4 Å². The molecule has 8 heteroatoms. The molecule has 0 aromatic heterocycles. The number of hydrogen-bond donors (Lipinski definition) is 3. The predicted octanol–water partition coefficient (Wildman–Crippen LogP) is 2.13. The van der Waals surface area contributed by atoms with Crippen LogP contribution in [0.25, 0.3) is 0 Å². The minimum absolute atomic E-state index is 0. The number of hydrogen-bond acceptors (Lipinski definition) is 4. The van der Waals surface area contributed by atoms with Gasteiger partial charge in [-0.05, 0) is 43.5 Å². The van der Waals surface area contributed by atoms with Crippen molar-refractivity contribution in [3.63, 3.8) is 0 Å². The number of alkyl halides is 2. The van der Waals surface area contributed by atoms with E-state index in [0.717, 1.165) is 11.3 Å². The number of piperidine rings is 2. The molecule has 2 saturated heterocycles. The Balaban J connectivity index is 0.00000196. The standard InChI is InChI=1S/C18H21F2N3O2.ClH/c1-10-8-11(17-6-7-21-9-14(17)18(17,19)20)2-3-12(10)22-13-4-5-15(24)23-16(13)25;/h2-3,8,13-14,21-22H,4-7,9H2,1H3,(H,23,24,25);1H/t13-,14-,17-;/m0./s1. The zero-order valence-corrected chi connectivity index (χ0v) is 15.2. The average Bonchev–Trinajstić information content (AvgIpc) is 3.09. The highest BCUT2D eigenvalue weighted by Gasteiger charge is 2.80.